The van der Waals surface area contributed by atoms with Gasteiger partial charge in [-0.1, -0.05) is 30.3 Å². The maximum absolute atomic E-state index is 12.4. The minimum Gasteiger partial charge on any atom is -0.480 e. The first-order valence-electron chi connectivity index (χ1n) is 6.73. The fraction of sp³-hybridized carbons (Fsp3) is 0.133. The van der Waals surface area contributed by atoms with Gasteiger partial charge in [0.25, 0.3) is 0 Å². The van der Waals surface area contributed by atoms with Gasteiger partial charge in [0.05, 0.1) is 5.69 Å². The topological polar surface area (TPSA) is 136 Å². The Labute approximate surface area is 134 Å². The van der Waals surface area contributed by atoms with Crippen molar-refractivity contribution in [2.45, 2.75) is 17.4 Å². The Hall–Kier alpha value is -2.58. The third kappa shape index (κ3) is 4.21. The van der Waals surface area contributed by atoms with Crippen LogP contribution in [0.2, 0.25) is 0 Å². The number of nitrogen functional groups attached to an aromatic ring is 2. The number of carbonyl (C=O) groups is 1. The smallest absolute Gasteiger partial charge is 0.322 e. The van der Waals surface area contributed by atoms with E-state index in [9.17, 15) is 18.3 Å². The van der Waals surface area contributed by atoms with E-state index in [1.807, 2.05) is 0 Å². The van der Waals surface area contributed by atoms with Crippen molar-refractivity contribution in [1.29, 1.82) is 0 Å². The van der Waals surface area contributed by atoms with Crippen LogP contribution in [0.4, 0.5) is 11.4 Å². The number of carboxylic acid groups (broad SMARTS) is 1. The molecule has 0 heterocycles. The highest BCUT2D eigenvalue weighted by Crippen LogP contribution is 2.21. The van der Waals surface area contributed by atoms with Crippen LogP contribution in [0, 0.1) is 0 Å². The number of benzene rings is 2. The molecule has 2 aromatic carbocycles. The molecule has 0 aromatic heterocycles. The monoisotopic (exact) mass is 335 g/mol. The van der Waals surface area contributed by atoms with Gasteiger partial charge in [-0.2, -0.15) is 4.72 Å². The number of rotatable bonds is 6. The van der Waals surface area contributed by atoms with Crippen molar-refractivity contribution in [3.8, 4) is 0 Å². The van der Waals surface area contributed by atoms with E-state index in [2.05, 4.69) is 4.72 Å². The van der Waals surface area contributed by atoms with Gasteiger partial charge in [0.2, 0.25) is 10.0 Å². The summed E-state index contributed by atoms with van der Waals surface area (Å²) in [5.41, 5.74) is 12.2. The number of sulfonamides is 1. The highest BCUT2D eigenvalue weighted by molar-refractivity contribution is 7.89. The van der Waals surface area contributed by atoms with Gasteiger partial charge in [-0.15, -0.1) is 0 Å². The summed E-state index contributed by atoms with van der Waals surface area (Å²) in [6.07, 6.45) is 0.0181. The summed E-state index contributed by atoms with van der Waals surface area (Å²) in [6, 6.07) is 11.4. The van der Waals surface area contributed by atoms with Crippen LogP contribution in [0.15, 0.2) is 53.4 Å². The van der Waals surface area contributed by atoms with Gasteiger partial charge in [0.15, 0.2) is 0 Å². The lowest BCUT2D eigenvalue weighted by Gasteiger charge is -2.16. The zero-order valence-electron chi connectivity index (χ0n) is 12.1. The number of nitrogens with two attached hydrogens (primary N) is 2. The van der Waals surface area contributed by atoms with Crippen molar-refractivity contribution < 1.29 is 18.3 Å². The molecule has 7 nitrogen and oxygen atoms in total. The highest BCUT2D eigenvalue weighted by atomic mass is 32.2. The van der Waals surface area contributed by atoms with E-state index in [1.165, 1.54) is 18.2 Å². The van der Waals surface area contributed by atoms with Crippen LogP contribution >= 0.6 is 0 Å². The second kappa shape index (κ2) is 6.67. The van der Waals surface area contributed by atoms with Crippen LogP contribution in [-0.2, 0) is 21.2 Å². The number of carboxylic acids is 1. The van der Waals surface area contributed by atoms with Crippen molar-refractivity contribution in [3.05, 3.63) is 54.1 Å². The predicted molar refractivity (Wildman–Crippen MR) is 87.2 cm³/mol. The molecule has 23 heavy (non-hydrogen) atoms. The summed E-state index contributed by atoms with van der Waals surface area (Å²) in [4.78, 5) is 11.2. The quantitative estimate of drug-likeness (QED) is 0.577. The molecule has 0 aliphatic rings. The zero-order chi connectivity index (χ0) is 17.0. The molecule has 0 unspecified atom stereocenters. The van der Waals surface area contributed by atoms with Gasteiger partial charge in [-0.3, -0.25) is 4.79 Å². The van der Waals surface area contributed by atoms with E-state index in [0.29, 0.717) is 11.3 Å². The highest BCUT2D eigenvalue weighted by Gasteiger charge is 2.27. The first-order valence-corrected chi connectivity index (χ1v) is 8.22. The number of anilines is 2. The maximum atomic E-state index is 12.4. The first kappa shape index (κ1) is 16.8. The van der Waals surface area contributed by atoms with Gasteiger partial charge < -0.3 is 16.6 Å². The SMILES string of the molecule is Nc1ccc(S(=O)(=O)N[C@@H](Cc2ccccc2)C(=O)O)c(N)c1. The van der Waals surface area contributed by atoms with Crippen LogP contribution < -0.4 is 16.2 Å². The Morgan fingerprint density at radius 1 is 1.13 bits per heavy atom. The molecule has 0 fully saturated rings. The molecule has 0 saturated carbocycles. The molecule has 0 spiro atoms. The molecule has 2 rings (SSSR count). The molecule has 0 bridgehead atoms. The molecule has 0 radical (unpaired) electrons. The van der Waals surface area contributed by atoms with Gasteiger partial charge in [0, 0.05) is 5.69 Å². The molecule has 0 aliphatic heterocycles. The second-order valence-corrected chi connectivity index (χ2v) is 6.68. The van der Waals surface area contributed by atoms with Crippen LogP contribution in [0.1, 0.15) is 5.56 Å². The molecule has 0 amide bonds. The number of aliphatic carboxylic acids is 1. The fourth-order valence-corrected chi connectivity index (χ4v) is 3.39. The van der Waals surface area contributed by atoms with Gasteiger partial charge >= 0.3 is 5.97 Å². The van der Waals surface area contributed by atoms with E-state index in [4.69, 9.17) is 11.5 Å². The molecule has 8 heteroatoms. The Morgan fingerprint density at radius 2 is 1.78 bits per heavy atom. The van der Waals surface area contributed by atoms with Crippen LogP contribution in [0.3, 0.4) is 0 Å². The summed E-state index contributed by atoms with van der Waals surface area (Å²) in [6.45, 7) is 0. The van der Waals surface area contributed by atoms with Crippen molar-refractivity contribution in [1.82, 2.24) is 4.72 Å². The summed E-state index contributed by atoms with van der Waals surface area (Å²) in [5, 5.41) is 9.28. The Bertz CT molecular complexity index is 807. The van der Waals surface area contributed by atoms with Gasteiger partial charge in [-0.25, -0.2) is 8.42 Å². The Balaban J connectivity index is 2.26. The van der Waals surface area contributed by atoms with E-state index in [1.54, 1.807) is 30.3 Å². The van der Waals surface area contributed by atoms with Crippen molar-refractivity contribution in [2.24, 2.45) is 0 Å². The normalized spacial score (nSPS) is 12.7. The third-order valence-electron chi connectivity index (χ3n) is 3.20. The molecular weight excluding hydrogens is 318 g/mol. The van der Waals surface area contributed by atoms with E-state index >= 15 is 0 Å². The molecule has 0 aliphatic carbocycles. The van der Waals surface area contributed by atoms with Crippen LogP contribution in [-0.4, -0.2) is 25.5 Å². The fourth-order valence-electron chi connectivity index (χ4n) is 2.09. The lowest BCUT2D eigenvalue weighted by Crippen LogP contribution is -2.42. The molecule has 122 valence electrons. The third-order valence-corrected chi connectivity index (χ3v) is 4.75. The van der Waals surface area contributed by atoms with Crippen molar-refractivity contribution in [3.63, 3.8) is 0 Å². The Morgan fingerprint density at radius 3 is 2.35 bits per heavy atom. The zero-order valence-corrected chi connectivity index (χ0v) is 13.0. The van der Waals surface area contributed by atoms with Gasteiger partial charge in [-0.05, 0) is 30.2 Å². The predicted octanol–water partition coefficient (Wildman–Crippen LogP) is 0.825. The van der Waals surface area contributed by atoms with E-state index in [0.717, 1.165) is 0 Å². The number of nitrogens with one attached hydrogen (secondary N) is 1. The average Bonchev–Trinajstić information content (AvgIpc) is 2.46. The van der Waals surface area contributed by atoms with Crippen molar-refractivity contribution >= 4 is 27.4 Å². The Kier molecular flexibility index (Phi) is 4.87. The summed E-state index contributed by atoms with van der Waals surface area (Å²) in [5.74, 6) is -1.27. The average molecular weight is 335 g/mol. The van der Waals surface area contributed by atoms with E-state index < -0.39 is 22.0 Å². The summed E-state index contributed by atoms with van der Waals surface area (Å²) < 4.78 is 26.9. The lowest BCUT2D eigenvalue weighted by molar-refractivity contribution is -0.138. The lowest BCUT2D eigenvalue weighted by atomic mass is 10.1. The standard InChI is InChI=1S/C15H17N3O4S/c16-11-6-7-14(12(17)9-11)23(21,22)18-13(15(19)20)8-10-4-2-1-3-5-10/h1-7,9,13,18H,8,16-17H2,(H,19,20)/t13-/m0/s1. The number of hydrogen-bond acceptors (Lipinski definition) is 5. The first-order chi connectivity index (χ1) is 10.8. The minimum atomic E-state index is -4.08. The largest absolute Gasteiger partial charge is 0.480 e. The molecule has 6 N–H and O–H groups in total. The summed E-state index contributed by atoms with van der Waals surface area (Å²) in [7, 11) is -4.08. The van der Waals surface area contributed by atoms with Crippen LogP contribution in [0.5, 0.6) is 0 Å². The van der Waals surface area contributed by atoms with Gasteiger partial charge in [0.1, 0.15) is 10.9 Å². The second-order valence-electron chi connectivity index (χ2n) is 5.00. The molecule has 2 aromatic rings. The molecule has 1 atom stereocenters. The maximum Gasteiger partial charge on any atom is 0.322 e. The summed E-state index contributed by atoms with van der Waals surface area (Å²) >= 11 is 0. The minimum absolute atomic E-state index is 0.0181. The molecular formula is C15H17N3O4S. The molecule has 0 saturated heterocycles. The van der Waals surface area contributed by atoms with Crippen LogP contribution in [0.25, 0.3) is 0 Å². The van der Waals surface area contributed by atoms with Crippen molar-refractivity contribution in [2.75, 3.05) is 11.5 Å². The van der Waals surface area contributed by atoms with E-state index in [-0.39, 0.29) is 17.0 Å². The number of hydrogen-bond donors (Lipinski definition) is 4.